The van der Waals surface area contributed by atoms with Crippen LogP contribution in [0.25, 0.3) is 0 Å². The Bertz CT molecular complexity index is 375. The number of carbonyl (C=O) groups excluding carboxylic acids is 1. The van der Waals surface area contributed by atoms with E-state index in [9.17, 15) is 17.8 Å². The third-order valence-corrected chi connectivity index (χ3v) is 3.27. The highest BCUT2D eigenvalue weighted by Crippen LogP contribution is 2.03. The maximum absolute atomic E-state index is 10.8. The number of ether oxygens (including phenoxy) is 1. The highest BCUT2D eigenvalue weighted by atomic mass is 32.2. The molecule has 0 aromatic carbocycles. The van der Waals surface area contributed by atoms with Crippen molar-refractivity contribution in [2.24, 2.45) is 0 Å². The van der Waals surface area contributed by atoms with E-state index in [0.29, 0.717) is 30.5 Å². The van der Waals surface area contributed by atoms with Gasteiger partial charge in [-0.1, -0.05) is 6.58 Å². The smallest absolute Gasteiger partial charge is 0.330 e. The predicted molar refractivity (Wildman–Crippen MR) is 66.8 cm³/mol. The molecule has 18 heavy (non-hydrogen) atoms. The lowest BCUT2D eigenvalue weighted by Crippen LogP contribution is -2.42. The fraction of sp³-hybridized carbons (Fsp3) is 0.727. The summed E-state index contributed by atoms with van der Waals surface area (Å²) in [6.45, 7) is 4.93. The van der Waals surface area contributed by atoms with Crippen LogP contribution in [0.3, 0.4) is 0 Å². The van der Waals surface area contributed by atoms with Gasteiger partial charge in [0.2, 0.25) is 0 Å². The minimum Gasteiger partial charge on any atom is -0.748 e. The number of carbonyl (C=O) groups is 1. The average molecular weight is 279 g/mol. The van der Waals surface area contributed by atoms with Crippen LogP contribution in [0.1, 0.15) is 12.8 Å². The molecular weight excluding hydrogens is 258 g/mol. The molecule has 106 valence electrons. The van der Waals surface area contributed by atoms with Crippen molar-refractivity contribution in [2.75, 3.05) is 39.5 Å². The normalized spacial score (nSPS) is 12.2. The molecule has 0 aromatic rings. The zero-order valence-electron chi connectivity index (χ0n) is 10.9. The SMILES string of the molecule is C=CC(=O)OCCC[N+](C)(C)CCCS(=O)(=O)[O-]. The minimum absolute atomic E-state index is 0.312. The van der Waals surface area contributed by atoms with E-state index in [1.807, 2.05) is 14.1 Å². The summed E-state index contributed by atoms with van der Waals surface area (Å²) in [4.78, 5) is 10.8. The molecule has 0 spiro atoms. The van der Waals surface area contributed by atoms with Gasteiger partial charge in [-0.15, -0.1) is 0 Å². The highest BCUT2D eigenvalue weighted by molar-refractivity contribution is 7.85. The van der Waals surface area contributed by atoms with Gasteiger partial charge in [0.05, 0.1) is 43.9 Å². The van der Waals surface area contributed by atoms with Crippen LogP contribution in [0.4, 0.5) is 0 Å². The number of esters is 1. The molecule has 0 bridgehead atoms. The van der Waals surface area contributed by atoms with Crippen molar-refractivity contribution in [3.63, 3.8) is 0 Å². The molecule has 0 aromatic heterocycles. The van der Waals surface area contributed by atoms with Gasteiger partial charge >= 0.3 is 5.97 Å². The van der Waals surface area contributed by atoms with Crippen LogP contribution in [-0.4, -0.2) is 63.0 Å². The number of hydrogen-bond donors (Lipinski definition) is 0. The predicted octanol–water partition coefficient (Wildman–Crippen LogP) is 0.117. The summed E-state index contributed by atoms with van der Waals surface area (Å²) < 4.78 is 36.8. The van der Waals surface area contributed by atoms with Crippen LogP contribution in [0.15, 0.2) is 12.7 Å². The Morgan fingerprint density at radius 1 is 1.33 bits per heavy atom. The summed E-state index contributed by atoms with van der Waals surface area (Å²) in [5.74, 6) is -0.780. The fourth-order valence-corrected chi connectivity index (χ4v) is 1.99. The van der Waals surface area contributed by atoms with Crippen LogP contribution < -0.4 is 0 Å². The molecule has 0 unspecified atom stereocenters. The summed E-state index contributed by atoms with van der Waals surface area (Å²) >= 11 is 0. The van der Waals surface area contributed by atoms with Gasteiger partial charge in [0.15, 0.2) is 0 Å². The van der Waals surface area contributed by atoms with Crippen LogP contribution in [0, 0.1) is 0 Å². The Labute approximate surface area is 109 Å². The molecule has 0 radical (unpaired) electrons. The van der Waals surface area contributed by atoms with E-state index in [-0.39, 0.29) is 5.75 Å². The molecular formula is C11H21NO5S. The van der Waals surface area contributed by atoms with Crippen LogP contribution in [0.2, 0.25) is 0 Å². The maximum Gasteiger partial charge on any atom is 0.330 e. The van der Waals surface area contributed by atoms with Crippen molar-refractivity contribution in [1.82, 2.24) is 0 Å². The van der Waals surface area contributed by atoms with Gasteiger partial charge in [-0.05, 0) is 0 Å². The average Bonchev–Trinajstić information content (AvgIpc) is 2.21. The van der Waals surface area contributed by atoms with Gasteiger partial charge < -0.3 is 13.8 Å². The maximum atomic E-state index is 10.8. The minimum atomic E-state index is -4.13. The first-order valence-corrected chi connectivity index (χ1v) is 7.29. The van der Waals surface area contributed by atoms with Gasteiger partial charge in [0, 0.05) is 24.7 Å². The summed E-state index contributed by atoms with van der Waals surface area (Å²) in [6.07, 6.45) is 2.13. The van der Waals surface area contributed by atoms with Crippen molar-refractivity contribution in [3.8, 4) is 0 Å². The third-order valence-electron chi connectivity index (χ3n) is 2.48. The van der Waals surface area contributed by atoms with Crippen molar-refractivity contribution < 1.29 is 27.0 Å². The number of quaternary nitrogens is 1. The standard InChI is InChI=1S/C11H21NO5S/c1-4-11(13)17-9-5-7-12(2,3)8-6-10-18(14,15)16/h4H,1,5-10H2,2-3H3. The Kier molecular flexibility index (Phi) is 7.12. The second-order valence-electron chi connectivity index (χ2n) is 4.72. The van der Waals surface area contributed by atoms with E-state index in [1.165, 1.54) is 0 Å². The molecule has 0 saturated heterocycles. The summed E-state index contributed by atoms with van der Waals surface area (Å²) in [5, 5.41) is 0. The van der Waals surface area contributed by atoms with Gasteiger partial charge in [-0.2, -0.15) is 0 Å². The first-order chi connectivity index (χ1) is 8.16. The third kappa shape index (κ3) is 10.2. The topological polar surface area (TPSA) is 83.5 Å². The highest BCUT2D eigenvalue weighted by Gasteiger charge is 2.15. The second kappa shape index (κ2) is 7.50. The zero-order valence-corrected chi connectivity index (χ0v) is 11.7. The molecule has 0 heterocycles. The molecule has 0 saturated carbocycles. The Balaban J connectivity index is 3.80. The van der Waals surface area contributed by atoms with Crippen LogP contribution >= 0.6 is 0 Å². The van der Waals surface area contributed by atoms with E-state index < -0.39 is 16.1 Å². The molecule has 7 heteroatoms. The van der Waals surface area contributed by atoms with E-state index in [2.05, 4.69) is 6.58 Å². The Hall–Kier alpha value is -0.920. The summed E-state index contributed by atoms with van der Waals surface area (Å²) in [6, 6.07) is 0. The number of nitrogens with zero attached hydrogens (tertiary/aromatic N) is 1. The van der Waals surface area contributed by atoms with E-state index in [1.54, 1.807) is 0 Å². The van der Waals surface area contributed by atoms with E-state index in [0.717, 1.165) is 12.6 Å². The molecule has 0 rings (SSSR count). The Morgan fingerprint density at radius 3 is 2.39 bits per heavy atom. The van der Waals surface area contributed by atoms with Crippen molar-refractivity contribution in [3.05, 3.63) is 12.7 Å². The van der Waals surface area contributed by atoms with Gasteiger partial charge in [-0.3, -0.25) is 0 Å². The Morgan fingerprint density at radius 2 is 1.89 bits per heavy atom. The van der Waals surface area contributed by atoms with Gasteiger partial charge in [0.1, 0.15) is 0 Å². The van der Waals surface area contributed by atoms with Crippen molar-refractivity contribution in [1.29, 1.82) is 0 Å². The number of rotatable bonds is 9. The first-order valence-electron chi connectivity index (χ1n) is 5.71. The summed E-state index contributed by atoms with van der Waals surface area (Å²) in [7, 11) is -0.252. The van der Waals surface area contributed by atoms with E-state index >= 15 is 0 Å². The second-order valence-corrected chi connectivity index (χ2v) is 6.25. The van der Waals surface area contributed by atoms with Crippen LogP contribution in [0.5, 0.6) is 0 Å². The van der Waals surface area contributed by atoms with Crippen molar-refractivity contribution >= 4 is 16.1 Å². The van der Waals surface area contributed by atoms with Gasteiger partial charge in [0.25, 0.3) is 0 Å². The monoisotopic (exact) mass is 279 g/mol. The molecule has 0 atom stereocenters. The molecule has 6 nitrogen and oxygen atoms in total. The molecule has 0 aliphatic carbocycles. The first kappa shape index (κ1) is 17.1. The number of hydrogen-bond acceptors (Lipinski definition) is 5. The molecule has 0 aliphatic rings. The van der Waals surface area contributed by atoms with Gasteiger partial charge in [-0.25, -0.2) is 13.2 Å². The molecule has 0 amide bonds. The quantitative estimate of drug-likeness (QED) is 0.197. The fourth-order valence-electron chi connectivity index (χ4n) is 1.51. The largest absolute Gasteiger partial charge is 0.748 e. The van der Waals surface area contributed by atoms with Crippen LogP contribution in [-0.2, 0) is 19.6 Å². The molecule has 0 N–H and O–H groups in total. The molecule has 0 fully saturated rings. The van der Waals surface area contributed by atoms with Crippen molar-refractivity contribution in [2.45, 2.75) is 12.8 Å². The lowest BCUT2D eigenvalue weighted by atomic mass is 10.3. The molecule has 0 aliphatic heterocycles. The lowest BCUT2D eigenvalue weighted by Gasteiger charge is -2.29. The lowest BCUT2D eigenvalue weighted by molar-refractivity contribution is -0.890. The summed E-state index contributed by atoms with van der Waals surface area (Å²) in [5.41, 5.74) is 0. The van der Waals surface area contributed by atoms with E-state index in [4.69, 9.17) is 4.74 Å². The zero-order chi connectivity index (χ0) is 14.2.